The van der Waals surface area contributed by atoms with Crippen molar-refractivity contribution >= 4 is 0 Å². The van der Waals surface area contributed by atoms with Crippen molar-refractivity contribution in [3.8, 4) is 0 Å². The summed E-state index contributed by atoms with van der Waals surface area (Å²) in [5.41, 5.74) is 3.66. The molecule has 0 heterocycles. The van der Waals surface area contributed by atoms with Crippen molar-refractivity contribution in [3.05, 3.63) is 71.5 Å². The molecular weight excluding hydrogens is 208 g/mol. The number of hydrogen-bond donors (Lipinski definition) is 0. The molecule has 0 aliphatic rings. The molecule has 0 saturated carbocycles. The van der Waals surface area contributed by atoms with Crippen molar-refractivity contribution in [2.75, 3.05) is 0 Å². The van der Waals surface area contributed by atoms with Crippen molar-refractivity contribution < 1.29 is 4.74 Å². The Labute approximate surface area is 104 Å². The molecule has 0 amide bonds. The van der Waals surface area contributed by atoms with Gasteiger partial charge in [-0.25, -0.2) is 0 Å². The van der Waals surface area contributed by atoms with E-state index in [4.69, 9.17) is 4.74 Å². The van der Waals surface area contributed by atoms with Crippen LogP contribution in [0.4, 0.5) is 0 Å². The molecule has 0 aliphatic carbocycles. The maximum absolute atomic E-state index is 5.68. The predicted octanol–water partition coefficient (Wildman–Crippen LogP) is 4.55. The molecule has 0 aliphatic heterocycles. The minimum Gasteiger partial charge on any atom is -0.489 e. The van der Waals surface area contributed by atoms with Crippen LogP contribution in [-0.2, 0) is 11.3 Å². The standard InChI is InChI=1S/C16H20O/c1-5-16(10-9-13(2)3)17-12-15-8-6-7-14(4)11-15/h5-11H,1,12H2,2-4H3/b16-10+. The molecule has 1 heteroatoms. The van der Waals surface area contributed by atoms with Crippen molar-refractivity contribution in [1.82, 2.24) is 0 Å². The summed E-state index contributed by atoms with van der Waals surface area (Å²) in [5.74, 6) is 0.799. The summed E-state index contributed by atoms with van der Waals surface area (Å²) in [4.78, 5) is 0. The lowest BCUT2D eigenvalue weighted by atomic mass is 10.1. The van der Waals surface area contributed by atoms with E-state index >= 15 is 0 Å². The highest BCUT2D eigenvalue weighted by Crippen LogP contribution is 2.09. The Morgan fingerprint density at radius 2 is 2.06 bits per heavy atom. The quantitative estimate of drug-likeness (QED) is 0.530. The third-order valence-electron chi connectivity index (χ3n) is 2.27. The van der Waals surface area contributed by atoms with E-state index in [0.29, 0.717) is 6.61 Å². The van der Waals surface area contributed by atoms with Gasteiger partial charge in [0.15, 0.2) is 0 Å². The van der Waals surface area contributed by atoms with Crippen LogP contribution in [0.5, 0.6) is 0 Å². The Bertz CT molecular complexity index is 435. The lowest BCUT2D eigenvalue weighted by Gasteiger charge is -2.07. The van der Waals surface area contributed by atoms with Gasteiger partial charge >= 0.3 is 0 Å². The Kier molecular flexibility index (Phi) is 5.28. The number of aryl methyl sites for hydroxylation is 1. The smallest absolute Gasteiger partial charge is 0.119 e. The van der Waals surface area contributed by atoms with Crippen molar-refractivity contribution in [2.24, 2.45) is 0 Å². The molecule has 0 radical (unpaired) electrons. The van der Waals surface area contributed by atoms with E-state index < -0.39 is 0 Å². The molecule has 17 heavy (non-hydrogen) atoms. The summed E-state index contributed by atoms with van der Waals surface area (Å²) >= 11 is 0. The highest BCUT2D eigenvalue weighted by atomic mass is 16.5. The second-order valence-electron chi connectivity index (χ2n) is 4.29. The van der Waals surface area contributed by atoms with E-state index in [1.54, 1.807) is 6.08 Å². The lowest BCUT2D eigenvalue weighted by Crippen LogP contribution is -1.92. The monoisotopic (exact) mass is 228 g/mol. The van der Waals surface area contributed by atoms with E-state index in [1.807, 2.05) is 18.2 Å². The minimum atomic E-state index is 0.579. The van der Waals surface area contributed by atoms with Crippen molar-refractivity contribution in [3.63, 3.8) is 0 Å². The first-order chi connectivity index (χ1) is 8.11. The molecule has 1 nitrogen and oxygen atoms in total. The fourth-order valence-corrected chi connectivity index (χ4v) is 1.39. The summed E-state index contributed by atoms with van der Waals surface area (Å²) in [7, 11) is 0. The van der Waals surface area contributed by atoms with Crippen LogP contribution in [0.15, 0.2) is 60.4 Å². The zero-order valence-corrected chi connectivity index (χ0v) is 10.9. The summed E-state index contributed by atoms with van der Waals surface area (Å²) in [5, 5.41) is 0. The van der Waals surface area contributed by atoms with E-state index in [9.17, 15) is 0 Å². The molecule has 0 spiro atoms. The van der Waals surface area contributed by atoms with Crippen molar-refractivity contribution in [1.29, 1.82) is 0 Å². The molecule has 1 aromatic carbocycles. The normalized spacial score (nSPS) is 10.9. The fourth-order valence-electron chi connectivity index (χ4n) is 1.39. The second-order valence-corrected chi connectivity index (χ2v) is 4.29. The Balaban J connectivity index is 2.62. The number of hydrogen-bond acceptors (Lipinski definition) is 1. The van der Waals surface area contributed by atoms with E-state index in [0.717, 1.165) is 5.76 Å². The van der Waals surface area contributed by atoms with Gasteiger partial charge in [0.2, 0.25) is 0 Å². The maximum atomic E-state index is 5.68. The van der Waals surface area contributed by atoms with Crippen LogP contribution in [-0.4, -0.2) is 0 Å². The van der Waals surface area contributed by atoms with Gasteiger partial charge in [0.1, 0.15) is 12.4 Å². The number of rotatable bonds is 5. The number of benzene rings is 1. The van der Waals surface area contributed by atoms with Crippen LogP contribution in [0.25, 0.3) is 0 Å². The largest absolute Gasteiger partial charge is 0.489 e. The third-order valence-corrected chi connectivity index (χ3v) is 2.27. The second kappa shape index (κ2) is 6.74. The summed E-state index contributed by atoms with van der Waals surface area (Å²) in [6.07, 6.45) is 5.70. The first-order valence-corrected chi connectivity index (χ1v) is 5.78. The Morgan fingerprint density at radius 3 is 2.65 bits per heavy atom. The predicted molar refractivity (Wildman–Crippen MR) is 73.7 cm³/mol. The first kappa shape index (κ1) is 13.3. The molecule has 0 aromatic heterocycles. The number of allylic oxidation sites excluding steroid dienone is 4. The molecule has 1 rings (SSSR count). The molecule has 90 valence electrons. The Hall–Kier alpha value is -1.76. The Morgan fingerprint density at radius 1 is 1.29 bits per heavy atom. The molecule has 0 saturated heterocycles. The third kappa shape index (κ3) is 5.21. The van der Waals surface area contributed by atoms with Crippen LogP contribution in [0, 0.1) is 6.92 Å². The SMILES string of the molecule is C=C/C(=C\C=C(C)C)OCc1cccc(C)c1. The van der Waals surface area contributed by atoms with Crippen molar-refractivity contribution in [2.45, 2.75) is 27.4 Å². The zero-order valence-electron chi connectivity index (χ0n) is 10.9. The van der Waals surface area contributed by atoms with Crippen LogP contribution >= 0.6 is 0 Å². The van der Waals surface area contributed by atoms with Gasteiger partial charge in [-0.05, 0) is 38.5 Å². The van der Waals surface area contributed by atoms with Crippen LogP contribution in [0.2, 0.25) is 0 Å². The van der Waals surface area contributed by atoms with Gasteiger partial charge in [-0.1, -0.05) is 48.1 Å². The molecular formula is C16H20O. The minimum absolute atomic E-state index is 0.579. The fraction of sp³-hybridized carbons (Fsp3) is 0.250. The molecule has 0 fully saturated rings. The summed E-state index contributed by atoms with van der Waals surface area (Å²) in [6.45, 7) is 10.5. The molecule has 0 atom stereocenters. The average molecular weight is 228 g/mol. The van der Waals surface area contributed by atoms with Gasteiger partial charge in [-0.3, -0.25) is 0 Å². The van der Waals surface area contributed by atoms with Crippen LogP contribution < -0.4 is 0 Å². The first-order valence-electron chi connectivity index (χ1n) is 5.78. The van der Waals surface area contributed by atoms with Gasteiger partial charge in [-0.15, -0.1) is 0 Å². The summed E-state index contributed by atoms with van der Waals surface area (Å²) in [6, 6.07) is 8.31. The van der Waals surface area contributed by atoms with Gasteiger partial charge < -0.3 is 4.74 Å². The van der Waals surface area contributed by atoms with E-state index in [2.05, 4.69) is 45.5 Å². The van der Waals surface area contributed by atoms with E-state index in [1.165, 1.54) is 16.7 Å². The van der Waals surface area contributed by atoms with Gasteiger partial charge in [0, 0.05) is 0 Å². The van der Waals surface area contributed by atoms with Gasteiger partial charge in [0.25, 0.3) is 0 Å². The molecule has 0 unspecified atom stereocenters. The zero-order chi connectivity index (χ0) is 12.7. The van der Waals surface area contributed by atoms with Gasteiger partial charge in [0.05, 0.1) is 0 Å². The highest BCUT2D eigenvalue weighted by molar-refractivity contribution is 5.23. The average Bonchev–Trinajstić information content (AvgIpc) is 2.29. The van der Waals surface area contributed by atoms with Gasteiger partial charge in [-0.2, -0.15) is 0 Å². The number of ether oxygens (including phenoxy) is 1. The molecule has 0 bridgehead atoms. The van der Waals surface area contributed by atoms with Crippen LogP contribution in [0.3, 0.4) is 0 Å². The highest BCUT2D eigenvalue weighted by Gasteiger charge is 1.95. The lowest BCUT2D eigenvalue weighted by molar-refractivity contribution is 0.211. The van der Waals surface area contributed by atoms with E-state index in [-0.39, 0.29) is 0 Å². The molecule has 0 N–H and O–H groups in total. The van der Waals surface area contributed by atoms with Crippen LogP contribution in [0.1, 0.15) is 25.0 Å². The molecule has 1 aromatic rings. The summed E-state index contributed by atoms with van der Waals surface area (Å²) < 4.78 is 5.68. The topological polar surface area (TPSA) is 9.23 Å². The maximum Gasteiger partial charge on any atom is 0.119 e.